The normalized spacial score (nSPS) is 19.1. The minimum atomic E-state index is -0.318. The van der Waals surface area contributed by atoms with Crippen LogP contribution in [0, 0.1) is 5.82 Å². The van der Waals surface area contributed by atoms with Crippen LogP contribution in [0.4, 0.5) is 4.39 Å². The van der Waals surface area contributed by atoms with Gasteiger partial charge in [-0.15, -0.1) is 0 Å². The Morgan fingerprint density at radius 1 is 1.60 bits per heavy atom. The van der Waals surface area contributed by atoms with Gasteiger partial charge in [0.2, 0.25) is 0 Å². The number of hydrogen-bond donors (Lipinski definition) is 2. The summed E-state index contributed by atoms with van der Waals surface area (Å²) >= 11 is 0. The van der Waals surface area contributed by atoms with Gasteiger partial charge in [0, 0.05) is 18.7 Å². The summed E-state index contributed by atoms with van der Waals surface area (Å²) < 4.78 is 23.8. The van der Waals surface area contributed by atoms with Crippen LogP contribution in [0.1, 0.15) is 18.4 Å². The molecular formula is C14H20FN3O2. The van der Waals surface area contributed by atoms with Crippen LogP contribution >= 0.6 is 0 Å². The molecule has 6 heteroatoms. The van der Waals surface area contributed by atoms with E-state index in [1.807, 2.05) is 0 Å². The molecule has 1 saturated heterocycles. The lowest BCUT2D eigenvalue weighted by Gasteiger charge is -2.11. The fraction of sp³-hybridized carbons (Fsp3) is 0.500. The first kappa shape index (κ1) is 14.6. The molecule has 20 heavy (non-hydrogen) atoms. The van der Waals surface area contributed by atoms with Crippen molar-refractivity contribution < 1.29 is 13.9 Å². The maximum absolute atomic E-state index is 13.2. The summed E-state index contributed by atoms with van der Waals surface area (Å²) in [6.45, 7) is 1.73. The molecule has 1 unspecified atom stereocenters. The van der Waals surface area contributed by atoms with Crippen LogP contribution in [-0.2, 0) is 11.3 Å². The molecule has 1 aromatic carbocycles. The summed E-state index contributed by atoms with van der Waals surface area (Å²) in [5.41, 5.74) is 6.44. The second-order valence-electron chi connectivity index (χ2n) is 4.67. The Labute approximate surface area is 118 Å². The maximum atomic E-state index is 13.2. The van der Waals surface area contributed by atoms with Gasteiger partial charge in [0.05, 0.1) is 19.8 Å². The van der Waals surface area contributed by atoms with Gasteiger partial charge >= 0.3 is 0 Å². The summed E-state index contributed by atoms with van der Waals surface area (Å²) in [6.07, 6.45) is 2.33. The largest absolute Gasteiger partial charge is 0.496 e. The summed E-state index contributed by atoms with van der Waals surface area (Å²) in [6, 6.07) is 4.33. The second-order valence-corrected chi connectivity index (χ2v) is 4.67. The quantitative estimate of drug-likeness (QED) is 0.632. The summed E-state index contributed by atoms with van der Waals surface area (Å²) in [7, 11) is 1.54. The van der Waals surface area contributed by atoms with Gasteiger partial charge in [0.1, 0.15) is 11.6 Å². The number of halogens is 1. The Kier molecular flexibility index (Phi) is 5.17. The van der Waals surface area contributed by atoms with Crippen molar-refractivity contribution in [1.29, 1.82) is 0 Å². The molecule has 1 heterocycles. The highest BCUT2D eigenvalue weighted by Gasteiger charge is 2.14. The molecule has 0 radical (unpaired) electrons. The van der Waals surface area contributed by atoms with Crippen molar-refractivity contribution >= 4 is 5.96 Å². The number of nitrogens with zero attached hydrogens (tertiary/aromatic N) is 1. The van der Waals surface area contributed by atoms with E-state index < -0.39 is 0 Å². The lowest BCUT2D eigenvalue weighted by Crippen LogP contribution is -2.37. The fourth-order valence-corrected chi connectivity index (χ4v) is 2.12. The Balaban J connectivity index is 1.88. The minimum Gasteiger partial charge on any atom is -0.496 e. The first-order valence-corrected chi connectivity index (χ1v) is 6.67. The number of guanidine groups is 1. The number of rotatable bonds is 5. The Bertz CT molecular complexity index is 473. The molecular weight excluding hydrogens is 261 g/mol. The molecule has 3 N–H and O–H groups in total. The van der Waals surface area contributed by atoms with Gasteiger partial charge < -0.3 is 20.5 Å². The summed E-state index contributed by atoms with van der Waals surface area (Å²) in [4.78, 5) is 4.19. The smallest absolute Gasteiger partial charge is 0.189 e. The van der Waals surface area contributed by atoms with Crippen LogP contribution in [0.25, 0.3) is 0 Å². The van der Waals surface area contributed by atoms with E-state index in [4.69, 9.17) is 15.2 Å². The maximum Gasteiger partial charge on any atom is 0.189 e. The second kappa shape index (κ2) is 7.09. The van der Waals surface area contributed by atoms with Crippen molar-refractivity contribution in [2.24, 2.45) is 10.7 Å². The fourth-order valence-electron chi connectivity index (χ4n) is 2.12. The number of hydrogen-bond acceptors (Lipinski definition) is 3. The number of aliphatic imine (C=N–C) groups is 1. The number of nitrogens with two attached hydrogens (primary N) is 1. The molecule has 2 rings (SSSR count). The average molecular weight is 281 g/mol. The topological polar surface area (TPSA) is 68.9 Å². The first-order valence-electron chi connectivity index (χ1n) is 6.67. The van der Waals surface area contributed by atoms with E-state index >= 15 is 0 Å². The number of benzene rings is 1. The number of ether oxygens (including phenoxy) is 2. The minimum absolute atomic E-state index is 0.201. The van der Waals surface area contributed by atoms with Crippen molar-refractivity contribution in [1.82, 2.24) is 5.32 Å². The highest BCUT2D eigenvalue weighted by Crippen LogP contribution is 2.20. The van der Waals surface area contributed by atoms with Crippen molar-refractivity contribution in [2.75, 3.05) is 20.3 Å². The standard InChI is InChI=1S/C14H20FN3O2/c1-19-13-5-4-11(15)7-10(13)8-17-14(16)18-9-12-3-2-6-20-12/h4-5,7,12H,2-3,6,8-9H2,1H3,(H3,16,17,18). The Morgan fingerprint density at radius 3 is 3.15 bits per heavy atom. The van der Waals surface area contributed by atoms with Gasteiger partial charge in [-0.3, -0.25) is 0 Å². The van der Waals surface area contributed by atoms with Crippen molar-refractivity contribution in [2.45, 2.75) is 25.5 Å². The molecule has 0 amide bonds. The molecule has 5 nitrogen and oxygen atoms in total. The van der Waals surface area contributed by atoms with Crippen LogP contribution < -0.4 is 15.8 Å². The molecule has 0 aliphatic carbocycles. The average Bonchev–Trinajstić information content (AvgIpc) is 2.96. The highest BCUT2D eigenvalue weighted by atomic mass is 19.1. The van der Waals surface area contributed by atoms with E-state index in [0.717, 1.165) is 19.4 Å². The van der Waals surface area contributed by atoms with Crippen LogP contribution in [0.5, 0.6) is 5.75 Å². The third kappa shape index (κ3) is 4.09. The summed E-state index contributed by atoms with van der Waals surface area (Å²) in [5.74, 6) is 0.607. The van der Waals surface area contributed by atoms with E-state index in [9.17, 15) is 4.39 Å². The molecule has 1 aliphatic rings. The van der Waals surface area contributed by atoms with E-state index in [1.165, 1.54) is 12.1 Å². The Morgan fingerprint density at radius 2 is 2.45 bits per heavy atom. The monoisotopic (exact) mass is 281 g/mol. The van der Waals surface area contributed by atoms with E-state index in [2.05, 4.69) is 10.3 Å². The number of nitrogens with one attached hydrogen (secondary N) is 1. The molecule has 1 atom stereocenters. The van der Waals surface area contributed by atoms with E-state index in [-0.39, 0.29) is 18.5 Å². The van der Waals surface area contributed by atoms with Crippen molar-refractivity contribution in [3.63, 3.8) is 0 Å². The van der Waals surface area contributed by atoms with Gasteiger partial charge in [0.25, 0.3) is 0 Å². The third-order valence-electron chi connectivity index (χ3n) is 3.20. The molecule has 1 fully saturated rings. The molecule has 0 spiro atoms. The molecule has 1 aromatic rings. The van der Waals surface area contributed by atoms with Crippen LogP contribution in [0.3, 0.4) is 0 Å². The van der Waals surface area contributed by atoms with Gasteiger partial charge in [-0.2, -0.15) is 0 Å². The summed E-state index contributed by atoms with van der Waals surface area (Å²) in [5, 5.41) is 3.02. The molecule has 0 saturated carbocycles. The zero-order valence-corrected chi connectivity index (χ0v) is 11.6. The van der Waals surface area contributed by atoms with Crippen molar-refractivity contribution in [3.05, 3.63) is 29.6 Å². The molecule has 110 valence electrons. The van der Waals surface area contributed by atoms with Gasteiger partial charge in [-0.25, -0.2) is 9.38 Å². The Hall–Kier alpha value is -1.82. The van der Waals surface area contributed by atoms with E-state index in [1.54, 1.807) is 13.2 Å². The zero-order chi connectivity index (χ0) is 14.4. The van der Waals surface area contributed by atoms with Crippen LogP contribution in [0.2, 0.25) is 0 Å². The van der Waals surface area contributed by atoms with Gasteiger partial charge in [0.15, 0.2) is 5.96 Å². The van der Waals surface area contributed by atoms with Crippen molar-refractivity contribution in [3.8, 4) is 5.75 Å². The predicted molar refractivity (Wildman–Crippen MR) is 75.3 cm³/mol. The predicted octanol–water partition coefficient (Wildman–Crippen LogP) is 1.42. The SMILES string of the molecule is COc1ccc(F)cc1CN=C(N)NCC1CCCO1. The van der Waals surface area contributed by atoms with Gasteiger partial charge in [-0.05, 0) is 31.0 Å². The highest BCUT2D eigenvalue weighted by molar-refractivity contribution is 5.77. The molecule has 0 aromatic heterocycles. The molecule has 1 aliphatic heterocycles. The lowest BCUT2D eigenvalue weighted by atomic mass is 10.2. The van der Waals surface area contributed by atoms with Crippen LogP contribution in [-0.4, -0.2) is 32.3 Å². The zero-order valence-electron chi connectivity index (χ0n) is 11.6. The van der Waals surface area contributed by atoms with Gasteiger partial charge in [-0.1, -0.05) is 0 Å². The number of methoxy groups -OCH3 is 1. The molecule has 0 bridgehead atoms. The first-order chi connectivity index (χ1) is 9.69. The van der Waals surface area contributed by atoms with E-state index in [0.29, 0.717) is 23.8 Å². The van der Waals surface area contributed by atoms with Crippen LogP contribution in [0.15, 0.2) is 23.2 Å². The third-order valence-corrected chi connectivity index (χ3v) is 3.20. The lowest BCUT2D eigenvalue weighted by molar-refractivity contribution is 0.114.